The second kappa shape index (κ2) is 10.0. The Morgan fingerprint density at radius 2 is 2.06 bits per heavy atom. The first kappa shape index (κ1) is 23.4. The van der Waals surface area contributed by atoms with E-state index in [1.807, 2.05) is 31.2 Å². The zero-order valence-electron chi connectivity index (χ0n) is 19.5. The van der Waals surface area contributed by atoms with Crippen LogP contribution in [-0.2, 0) is 4.79 Å². The summed E-state index contributed by atoms with van der Waals surface area (Å²) in [7, 11) is 0. The van der Waals surface area contributed by atoms with Gasteiger partial charge in [0.15, 0.2) is 0 Å². The summed E-state index contributed by atoms with van der Waals surface area (Å²) in [5.41, 5.74) is 3.32. The third kappa shape index (κ3) is 4.51. The van der Waals surface area contributed by atoms with Crippen LogP contribution in [0.15, 0.2) is 71.9 Å². The van der Waals surface area contributed by atoms with Gasteiger partial charge in [0, 0.05) is 36.2 Å². The summed E-state index contributed by atoms with van der Waals surface area (Å²) in [5.74, 6) is 0.729. The summed E-state index contributed by atoms with van der Waals surface area (Å²) in [6.07, 6.45) is 6.18. The van der Waals surface area contributed by atoms with Crippen LogP contribution in [0.5, 0.6) is 11.5 Å². The molecule has 34 heavy (non-hydrogen) atoms. The van der Waals surface area contributed by atoms with Crippen LogP contribution in [0.2, 0.25) is 0 Å². The van der Waals surface area contributed by atoms with Crippen LogP contribution in [0.3, 0.4) is 0 Å². The molecule has 176 valence electrons. The fraction of sp³-hybridized carbons (Fsp3) is 0.296. The van der Waals surface area contributed by atoms with Crippen molar-refractivity contribution in [3.05, 3.63) is 83.7 Å². The van der Waals surface area contributed by atoms with E-state index in [4.69, 9.17) is 15.2 Å². The van der Waals surface area contributed by atoms with Gasteiger partial charge in [0.1, 0.15) is 17.3 Å². The maximum absolute atomic E-state index is 13.8. The molecule has 1 N–H and O–H groups in total. The molecule has 1 unspecified atom stereocenters. The second-order valence-electron chi connectivity index (χ2n) is 8.45. The molecule has 7 heteroatoms. The lowest BCUT2D eigenvalue weighted by Crippen LogP contribution is -2.40. The number of allylic oxidation sites excluding steroid dienone is 1. The van der Waals surface area contributed by atoms with Gasteiger partial charge in [-0.05, 0) is 69.0 Å². The van der Waals surface area contributed by atoms with Crippen LogP contribution < -0.4 is 4.74 Å². The van der Waals surface area contributed by atoms with Gasteiger partial charge in [-0.25, -0.2) is 4.39 Å². The van der Waals surface area contributed by atoms with Crippen molar-refractivity contribution >= 4 is 17.8 Å². The number of benzene rings is 2. The lowest BCUT2D eigenvalue weighted by molar-refractivity contribution is -0.125. The van der Waals surface area contributed by atoms with E-state index < -0.39 is 0 Å². The Hall–Kier alpha value is -3.74. The Balaban J connectivity index is 1.58. The SMILES string of the molecule is C=CC(=O)N1CC[C@@H](N2N=C(c3ccc(Oc4cccc(F)c4C)cc3)/C(=C/C)C2CC=N)C1. The molecular weight excluding hydrogens is 431 g/mol. The van der Waals surface area contributed by atoms with Crippen LogP contribution in [0.1, 0.15) is 30.9 Å². The topological polar surface area (TPSA) is 69.0 Å². The van der Waals surface area contributed by atoms with Gasteiger partial charge in [0.2, 0.25) is 5.91 Å². The van der Waals surface area contributed by atoms with Crippen LogP contribution in [0.4, 0.5) is 4.39 Å². The molecule has 4 rings (SSSR count). The Kier molecular flexibility index (Phi) is 6.91. The van der Waals surface area contributed by atoms with E-state index in [0.717, 1.165) is 23.3 Å². The maximum atomic E-state index is 13.8. The van der Waals surface area contributed by atoms with E-state index >= 15 is 0 Å². The number of hydrogen-bond acceptors (Lipinski definition) is 5. The van der Waals surface area contributed by atoms with Gasteiger partial charge in [0.05, 0.1) is 17.8 Å². The Morgan fingerprint density at radius 1 is 1.29 bits per heavy atom. The minimum Gasteiger partial charge on any atom is -0.457 e. The molecular formula is C27H29FN4O2. The first-order valence-corrected chi connectivity index (χ1v) is 11.4. The number of hydrogen-bond donors (Lipinski definition) is 1. The minimum absolute atomic E-state index is 0.0489. The van der Waals surface area contributed by atoms with Crippen molar-refractivity contribution in [1.29, 1.82) is 5.41 Å². The van der Waals surface area contributed by atoms with Crippen molar-refractivity contribution in [2.24, 2.45) is 5.10 Å². The number of nitrogens with one attached hydrogen (secondary N) is 1. The Labute approximate surface area is 199 Å². The molecule has 0 aromatic heterocycles. The summed E-state index contributed by atoms with van der Waals surface area (Å²) >= 11 is 0. The molecule has 2 atom stereocenters. The Morgan fingerprint density at radius 3 is 2.74 bits per heavy atom. The Bertz CT molecular complexity index is 1160. The highest BCUT2D eigenvalue weighted by Gasteiger charge is 2.39. The molecule has 0 radical (unpaired) electrons. The molecule has 0 saturated carbocycles. The molecule has 2 aliphatic heterocycles. The summed E-state index contributed by atoms with van der Waals surface area (Å²) in [6.45, 7) is 8.53. The molecule has 0 bridgehead atoms. The van der Waals surface area contributed by atoms with Crippen LogP contribution in [0, 0.1) is 18.2 Å². The van der Waals surface area contributed by atoms with Gasteiger partial charge in [0.25, 0.3) is 0 Å². The summed E-state index contributed by atoms with van der Waals surface area (Å²) in [4.78, 5) is 13.9. The molecule has 1 saturated heterocycles. The van der Waals surface area contributed by atoms with E-state index in [-0.39, 0.29) is 23.8 Å². The summed E-state index contributed by atoms with van der Waals surface area (Å²) < 4.78 is 19.7. The maximum Gasteiger partial charge on any atom is 0.246 e. The van der Waals surface area contributed by atoms with Crippen molar-refractivity contribution in [2.45, 2.75) is 38.8 Å². The lowest BCUT2D eigenvalue weighted by Gasteiger charge is -2.29. The molecule has 0 spiro atoms. The van der Waals surface area contributed by atoms with Crippen molar-refractivity contribution < 1.29 is 13.9 Å². The van der Waals surface area contributed by atoms with E-state index in [9.17, 15) is 9.18 Å². The first-order valence-electron chi connectivity index (χ1n) is 11.4. The van der Waals surface area contributed by atoms with Crippen molar-refractivity contribution in [3.63, 3.8) is 0 Å². The van der Waals surface area contributed by atoms with E-state index in [1.165, 1.54) is 18.4 Å². The summed E-state index contributed by atoms with van der Waals surface area (Å²) in [5, 5.41) is 14.8. The smallest absolute Gasteiger partial charge is 0.246 e. The average molecular weight is 461 g/mol. The van der Waals surface area contributed by atoms with Gasteiger partial charge in [-0.2, -0.15) is 5.10 Å². The first-order chi connectivity index (χ1) is 16.5. The molecule has 2 aromatic rings. The minimum atomic E-state index is -0.301. The van der Waals surface area contributed by atoms with Crippen LogP contribution in [0.25, 0.3) is 0 Å². The van der Waals surface area contributed by atoms with Gasteiger partial charge in [-0.15, -0.1) is 0 Å². The molecule has 6 nitrogen and oxygen atoms in total. The normalized spacial score (nSPS) is 21.0. The van der Waals surface area contributed by atoms with Gasteiger partial charge in [-0.1, -0.05) is 18.7 Å². The van der Waals surface area contributed by atoms with Gasteiger partial charge in [-0.3, -0.25) is 9.80 Å². The number of ether oxygens (including phenoxy) is 1. The highest BCUT2D eigenvalue weighted by atomic mass is 19.1. The molecule has 2 aromatic carbocycles. The number of hydrazone groups is 1. The van der Waals surface area contributed by atoms with Crippen molar-refractivity contribution in [2.75, 3.05) is 13.1 Å². The van der Waals surface area contributed by atoms with Crippen LogP contribution >= 0.6 is 0 Å². The largest absolute Gasteiger partial charge is 0.457 e. The zero-order chi connectivity index (χ0) is 24.2. The number of nitrogens with zero attached hydrogens (tertiary/aromatic N) is 3. The fourth-order valence-electron chi connectivity index (χ4n) is 4.57. The van der Waals surface area contributed by atoms with Gasteiger partial charge >= 0.3 is 0 Å². The number of carbonyl (C=O) groups excluding carboxylic acids is 1. The molecule has 1 amide bonds. The second-order valence-corrected chi connectivity index (χ2v) is 8.45. The number of halogens is 1. The number of amides is 1. The fourth-order valence-corrected chi connectivity index (χ4v) is 4.57. The predicted molar refractivity (Wildman–Crippen MR) is 132 cm³/mol. The average Bonchev–Trinajstić information content (AvgIpc) is 3.47. The molecule has 2 heterocycles. The van der Waals surface area contributed by atoms with Crippen molar-refractivity contribution in [1.82, 2.24) is 9.91 Å². The highest BCUT2D eigenvalue weighted by molar-refractivity contribution is 6.14. The quantitative estimate of drug-likeness (QED) is 0.462. The van der Waals surface area contributed by atoms with E-state index in [0.29, 0.717) is 36.6 Å². The monoisotopic (exact) mass is 460 g/mol. The lowest BCUT2D eigenvalue weighted by atomic mass is 9.95. The van der Waals surface area contributed by atoms with Crippen LogP contribution in [-0.4, -0.2) is 52.9 Å². The molecule has 0 aliphatic carbocycles. The van der Waals surface area contributed by atoms with E-state index in [1.54, 1.807) is 24.0 Å². The standard InChI is InChI=1S/C27H29FN4O2/c1-4-22-24(13-15-29)32(20-14-16-31(17-20)26(33)5-2)30-27(22)19-9-11-21(12-10-19)34-25-8-6-7-23(28)18(25)3/h4-12,15,20,24,29H,2,13-14,16-17H2,1,3H3/b22-4+,29-15?/t20-,24?/m1/s1. The third-order valence-corrected chi connectivity index (χ3v) is 6.42. The number of carbonyl (C=O) groups is 1. The third-order valence-electron chi connectivity index (χ3n) is 6.42. The molecule has 1 fully saturated rings. The van der Waals surface area contributed by atoms with Crippen molar-refractivity contribution in [3.8, 4) is 11.5 Å². The number of rotatable bonds is 7. The van der Waals surface area contributed by atoms with E-state index in [2.05, 4.69) is 17.7 Å². The zero-order valence-corrected chi connectivity index (χ0v) is 19.5. The number of likely N-dealkylation sites (tertiary alicyclic amines) is 1. The highest BCUT2D eigenvalue weighted by Crippen LogP contribution is 2.33. The predicted octanol–water partition coefficient (Wildman–Crippen LogP) is 5.09. The summed E-state index contributed by atoms with van der Waals surface area (Å²) in [6, 6.07) is 12.4. The molecule has 2 aliphatic rings. The van der Waals surface area contributed by atoms with Gasteiger partial charge < -0.3 is 15.0 Å².